The summed E-state index contributed by atoms with van der Waals surface area (Å²) in [5, 5.41) is 8.54. The zero-order chi connectivity index (χ0) is 8.85. The largest absolute Gasteiger partial charge is 0.497 e. The van der Waals surface area contributed by atoms with Gasteiger partial charge in [-0.3, -0.25) is 0 Å². The second-order valence-corrected chi connectivity index (χ2v) is 1.82. The number of methoxy groups -OCH3 is 2. The Kier molecular flexibility index (Phi) is 4.10. The molecule has 0 radical (unpaired) electrons. The molecule has 64 valence electrons. The van der Waals surface area contributed by atoms with E-state index >= 15 is 0 Å². The molecule has 0 aromatic heterocycles. The molecule has 0 atom stereocenters. The summed E-state index contributed by atoms with van der Waals surface area (Å²) in [4.78, 5) is 10.4. The van der Waals surface area contributed by atoms with Crippen LogP contribution in [0.25, 0.3) is 0 Å². The molecule has 0 aliphatic rings. The number of carboxylic acids is 1. The first-order chi connectivity index (χ1) is 5.17. The Morgan fingerprint density at radius 3 is 2.00 bits per heavy atom. The van der Waals surface area contributed by atoms with Crippen molar-refractivity contribution < 1.29 is 19.4 Å². The third-order valence-electron chi connectivity index (χ3n) is 1.22. The number of hydrogen-bond donors (Lipinski definition) is 1. The maximum Gasteiger partial charge on any atom is 0.374 e. The minimum absolute atomic E-state index is 0.130. The van der Waals surface area contributed by atoms with E-state index in [-0.39, 0.29) is 5.76 Å². The molecule has 0 bridgehead atoms. The molecule has 0 spiro atoms. The van der Waals surface area contributed by atoms with Crippen LogP contribution in [0.2, 0.25) is 0 Å². The second kappa shape index (κ2) is 4.60. The standard InChI is InChI=1S/C7H12O4/c1-4-5(10-2)6(11-3)7(8)9/h4H2,1-3H3,(H,8,9)/b6-5+. The van der Waals surface area contributed by atoms with Gasteiger partial charge in [0.2, 0.25) is 5.76 Å². The van der Waals surface area contributed by atoms with Crippen molar-refractivity contribution in [1.29, 1.82) is 0 Å². The lowest BCUT2D eigenvalue weighted by Crippen LogP contribution is -2.07. The Hall–Kier alpha value is -1.19. The van der Waals surface area contributed by atoms with Crippen LogP contribution in [0.4, 0.5) is 0 Å². The minimum atomic E-state index is -1.11. The van der Waals surface area contributed by atoms with Crippen molar-refractivity contribution in [2.24, 2.45) is 0 Å². The first kappa shape index (κ1) is 9.81. The number of hydrogen-bond acceptors (Lipinski definition) is 3. The Morgan fingerprint density at radius 2 is 1.91 bits per heavy atom. The molecule has 0 aliphatic carbocycles. The maximum atomic E-state index is 10.4. The van der Waals surface area contributed by atoms with E-state index in [4.69, 9.17) is 9.84 Å². The predicted octanol–water partition coefficient (Wildman–Crippen LogP) is 0.985. The van der Waals surface area contributed by atoms with Crippen LogP contribution in [0.1, 0.15) is 13.3 Å². The van der Waals surface area contributed by atoms with Crippen molar-refractivity contribution in [2.45, 2.75) is 13.3 Å². The molecule has 4 heteroatoms. The van der Waals surface area contributed by atoms with Gasteiger partial charge >= 0.3 is 5.97 Å². The summed E-state index contributed by atoms with van der Waals surface area (Å²) >= 11 is 0. The predicted molar refractivity (Wildman–Crippen MR) is 39.0 cm³/mol. The molecule has 0 rings (SSSR count). The number of rotatable bonds is 4. The van der Waals surface area contributed by atoms with Gasteiger partial charge in [-0.05, 0) is 0 Å². The number of allylic oxidation sites excluding steroid dienone is 1. The van der Waals surface area contributed by atoms with E-state index in [1.54, 1.807) is 6.92 Å². The molecule has 0 unspecified atom stereocenters. The SMILES string of the molecule is CC/C(OC)=C(\OC)C(=O)O. The lowest BCUT2D eigenvalue weighted by Gasteiger charge is -2.06. The van der Waals surface area contributed by atoms with Crippen molar-refractivity contribution in [3.8, 4) is 0 Å². The van der Waals surface area contributed by atoms with Crippen molar-refractivity contribution in [2.75, 3.05) is 14.2 Å². The third kappa shape index (κ3) is 2.49. The fourth-order valence-corrected chi connectivity index (χ4v) is 0.718. The minimum Gasteiger partial charge on any atom is -0.497 e. The number of ether oxygens (including phenoxy) is 2. The molecule has 1 N–H and O–H groups in total. The van der Waals surface area contributed by atoms with Crippen LogP contribution in [0.15, 0.2) is 11.5 Å². The summed E-state index contributed by atoms with van der Waals surface area (Å²) in [5.41, 5.74) is 0. The van der Waals surface area contributed by atoms with Crippen LogP contribution in [0, 0.1) is 0 Å². The van der Waals surface area contributed by atoms with Crippen LogP contribution in [0.3, 0.4) is 0 Å². The van der Waals surface area contributed by atoms with Gasteiger partial charge in [0, 0.05) is 6.42 Å². The van der Waals surface area contributed by atoms with E-state index in [2.05, 4.69) is 4.74 Å². The second-order valence-electron chi connectivity index (χ2n) is 1.82. The highest BCUT2D eigenvalue weighted by Gasteiger charge is 2.13. The van der Waals surface area contributed by atoms with Gasteiger partial charge in [0.05, 0.1) is 14.2 Å². The van der Waals surface area contributed by atoms with E-state index in [1.165, 1.54) is 14.2 Å². The smallest absolute Gasteiger partial charge is 0.374 e. The third-order valence-corrected chi connectivity index (χ3v) is 1.22. The van der Waals surface area contributed by atoms with Gasteiger partial charge in [-0.1, -0.05) is 6.92 Å². The van der Waals surface area contributed by atoms with Crippen molar-refractivity contribution in [3.05, 3.63) is 11.5 Å². The highest BCUT2D eigenvalue weighted by molar-refractivity contribution is 5.84. The van der Waals surface area contributed by atoms with E-state index < -0.39 is 5.97 Å². The molecule has 11 heavy (non-hydrogen) atoms. The van der Waals surface area contributed by atoms with Gasteiger partial charge < -0.3 is 14.6 Å². The molecule has 0 aromatic rings. The van der Waals surface area contributed by atoms with Gasteiger partial charge in [0.25, 0.3) is 0 Å². The molecular formula is C7H12O4. The zero-order valence-corrected chi connectivity index (χ0v) is 6.88. The molecule has 0 saturated heterocycles. The Balaban J connectivity index is 4.62. The summed E-state index contributed by atoms with van der Waals surface area (Å²) in [7, 11) is 2.72. The van der Waals surface area contributed by atoms with E-state index in [0.717, 1.165) is 0 Å². The van der Waals surface area contributed by atoms with Crippen LogP contribution >= 0.6 is 0 Å². The number of carboxylic acid groups (broad SMARTS) is 1. The Morgan fingerprint density at radius 1 is 1.36 bits per heavy atom. The quantitative estimate of drug-likeness (QED) is 0.492. The van der Waals surface area contributed by atoms with Gasteiger partial charge in [0.15, 0.2) is 0 Å². The number of carbonyl (C=O) groups is 1. The maximum absolute atomic E-state index is 10.4. The summed E-state index contributed by atoms with van der Waals surface area (Å²) in [6.07, 6.45) is 0.506. The highest BCUT2D eigenvalue weighted by Crippen LogP contribution is 2.09. The zero-order valence-electron chi connectivity index (χ0n) is 6.88. The van der Waals surface area contributed by atoms with Gasteiger partial charge in [-0.2, -0.15) is 0 Å². The molecule has 0 aliphatic heterocycles. The fourth-order valence-electron chi connectivity index (χ4n) is 0.718. The van der Waals surface area contributed by atoms with Crippen LogP contribution in [0.5, 0.6) is 0 Å². The molecule has 0 amide bonds. The molecule has 0 saturated carbocycles. The lowest BCUT2D eigenvalue weighted by molar-refractivity contribution is -0.136. The molecule has 0 heterocycles. The molecular weight excluding hydrogens is 148 g/mol. The lowest BCUT2D eigenvalue weighted by atomic mass is 10.3. The Labute approximate surface area is 65.4 Å². The summed E-state index contributed by atoms with van der Waals surface area (Å²) < 4.78 is 9.40. The average molecular weight is 160 g/mol. The summed E-state index contributed by atoms with van der Waals surface area (Å²) in [6, 6.07) is 0. The first-order valence-corrected chi connectivity index (χ1v) is 3.21. The van der Waals surface area contributed by atoms with E-state index in [0.29, 0.717) is 12.2 Å². The molecule has 0 fully saturated rings. The average Bonchev–Trinajstić information content (AvgIpc) is 1.99. The normalized spacial score (nSPS) is 11.9. The topological polar surface area (TPSA) is 55.8 Å². The summed E-state index contributed by atoms with van der Waals surface area (Å²) in [6.45, 7) is 1.79. The van der Waals surface area contributed by atoms with Crippen LogP contribution < -0.4 is 0 Å². The fraction of sp³-hybridized carbons (Fsp3) is 0.571. The first-order valence-electron chi connectivity index (χ1n) is 3.21. The number of aliphatic carboxylic acids is 1. The molecule has 4 nitrogen and oxygen atoms in total. The van der Waals surface area contributed by atoms with Gasteiger partial charge in [0.1, 0.15) is 5.76 Å². The van der Waals surface area contributed by atoms with Crippen molar-refractivity contribution in [3.63, 3.8) is 0 Å². The van der Waals surface area contributed by atoms with Gasteiger partial charge in [-0.15, -0.1) is 0 Å². The van der Waals surface area contributed by atoms with Gasteiger partial charge in [-0.25, -0.2) is 4.79 Å². The van der Waals surface area contributed by atoms with E-state index in [1.807, 2.05) is 0 Å². The van der Waals surface area contributed by atoms with E-state index in [9.17, 15) is 4.79 Å². The van der Waals surface area contributed by atoms with Crippen molar-refractivity contribution in [1.82, 2.24) is 0 Å². The van der Waals surface area contributed by atoms with Crippen LogP contribution in [-0.4, -0.2) is 25.3 Å². The summed E-state index contributed by atoms with van der Waals surface area (Å²) in [5.74, 6) is -0.888. The highest BCUT2D eigenvalue weighted by atomic mass is 16.5. The Bertz CT molecular complexity index is 165. The molecule has 0 aromatic carbocycles. The van der Waals surface area contributed by atoms with Crippen LogP contribution in [-0.2, 0) is 14.3 Å². The monoisotopic (exact) mass is 160 g/mol. The van der Waals surface area contributed by atoms with Crippen molar-refractivity contribution >= 4 is 5.97 Å².